The SMILES string of the molecule is Nc1ccccc1C1(C(=O)O)C=CC=[C]C1. The zero-order chi connectivity index (χ0) is 11.6. The van der Waals surface area contributed by atoms with Gasteiger partial charge in [0.25, 0.3) is 0 Å². The van der Waals surface area contributed by atoms with Crippen LogP contribution < -0.4 is 5.73 Å². The molecular formula is C13H12NO2. The Morgan fingerprint density at radius 3 is 2.75 bits per heavy atom. The molecule has 1 radical (unpaired) electrons. The van der Waals surface area contributed by atoms with Crippen LogP contribution in [0.25, 0.3) is 0 Å². The highest BCUT2D eigenvalue weighted by molar-refractivity contribution is 5.86. The lowest BCUT2D eigenvalue weighted by molar-refractivity contribution is -0.141. The Balaban J connectivity index is 2.57. The van der Waals surface area contributed by atoms with Crippen molar-refractivity contribution in [3.63, 3.8) is 0 Å². The van der Waals surface area contributed by atoms with Crippen LogP contribution in [0.3, 0.4) is 0 Å². The summed E-state index contributed by atoms with van der Waals surface area (Å²) in [5.41, 5.74) is 5.89. The van der Waals surface area contributed by atoms with Crippen LogP contribution in [0, 0.1) is 6.08 Å². The minimum atomic E-state index is -1.07. The molecule has 0 saturated heterocycles. The first-order chi connectivity index (χ1) is 7.67. The number of aliphatic carboxylic acids is 1. The zero-order valence-electron chi connectivity index (χ0n) is 8.68. The third kappa shape index (κ3) is 1.50. The molecular weight excluding hydrogens is 202 g/mol. The number of hydrogen-bond donors (Lipinski definition) is 2. The molecule has 0 amide bonds. The first-order valence-corrected chi connectivity index (χ1v) is 4.99. The van der Waals surface area contributed by atoms with Crippen molar-refractivity contribution >= 4 is 11.7 Å². The van der Waals surface area contributed by atoms with Crippen molar-refractivity contribution in [3.05, 3.63) is 54.1 Å². The lowest BCUT2D eigenvalue weighted by Crippen LogP contribution is -2.35. The fraction of sp³-hybridized carbons (Fsp3) is 0.154. The highest BCUT2D eigenvalue weighted by atomic mass is 16.4. The van der Waals surface area contributed by atoms with Gasteiger partial charge >= 0.3 is 5.97 Å². The molecule has 16 heavy (non-hydrogen) atoms. The number of para-hydroxylation sites is 1. The van der Waals surface area contributed by atoms with Crippen LogP contribution in [-0.2, 0) is 10.2 Å². The van der Waals surface area contributed by atoms with Gasteiger partial charge < -0.3 is 10.8 Å². The molecule has 81 valence electrons. The Labute approximate surface area is 93.9 Å². The molecule has 0 spiro atoms. The predicted octanol–water partition coefficient (Wildman–Crippen LogP) is 1.91. The molecule has 0 saturated carbocycles. The van der Waals surface area contributed by atoms with E-state index in [1.165, 1.54) is 0 Å². The topological polar surface area (TPSA) is 63.3 Å². The molecule has 1 aromatic rings. The molecule has 1 atom stereocenters. The first-order valence-electron chi connectivity index (χ1n) is 4.99. The van der Waals surface area contributed by atoms with Crippen molar-refractivity contribution in [1.29, 1.82) is 0 Å². The van der Waals surface area contributed by atoms with E-state index in [1.54, 1.807) is 42.5 Å². The van der Waals surface area contributed by atoms with Gasteiger partial charge in [-0.1, -0.05) is 36.4 Å². The van der Waals surface area contributed by atoms with Crippen LogP contribution in [0.1, 0.15) is 12.0 Å². The first kappa shape index (κ1) is 10.5. The third-order valence-electron chi connectivity index (χ3n) is 2.80. The lowest BCUT2D eigenvalue weighted by Gasteiger charge is -2.27. The van der Waals surface area contributed by atoms with Gasteiger partial charge in [-0.25, -0.2) is 0 Å². The fourth-order valence-corrected chi connectivity index (χ4v) is 1.91. The smallest absolute Gasteiger partial charge is 0.318 e. The van der Waals surface area contributed by atoms with Crippen LogP contribution in [0.4, 0.5) is 5.69 Å². The quantitative estimate of drug-likeness (QED) is 0.739. The summed E-state index contributed by atoms with van der Waals surface area (Å²) in [6.45, 7) is 0. The Morgan fingerprint density at radius 1 is 1.44 bits per heavy atom. The predicted molar refractivity (Wildman–Crippen MR) is 61.7 cm³/mol. The van der Waals surface area contributed by atoms with Gasteiger partial charge in [-0.3, -0.25) is 4.79 Å². The highest BCUT2D eigenvalue weighted by Gasteiger charge is 2.39. The number of benzene rings is 1. The van der Waals surface area contributed by atoms with Crippen LogP contribution >= 0.6 is 0 Å². The normalized spacial score (nSPS) is 23.2. The van der Waals surface area contributed by atoms with Crippen LogP contribution in [-0.4, -0.2) is 11.1 Å². The van der Waals surface area contributed by atoms with Gasteiger partial charge in [0, 0.05) is 5.69 Å². The van der Waals surface area contributed by atoms with E-state index in [2.05, 4.69) is 6.08 Å². The maximum atomic E-state index is 11.5. The summed E-state index contributed by atoms with van der Waals surface area (Å²) < 4.78 is 0. The van der Waals surface area contributed by atoms with E-state index < -0.39 is 11.4 Å². The van der Waals surface area contributed by atoms with Crippen molar-refractivity contribution < 1.29 is 9.90 Å². The van der Waals surface area contributed by atoms with Gasteiger partial charge in [-0.2, -0.15) is 0 Å². The molecule has 0 heterocycles. The Morgan fingerprint density at radius 2 is 2.19 bits per heavy atom. The van der Waals surface area contributed by atoms with Crippen molar-refractivity contribution in [2.45, 2.75) is 11.8 Å². The second-order valence-corrected chi connectivity index (χ2v) is 3.77. The average molecular weight is 214 g/mol. The molecule has 2 rings (SSSR count). The number of carboxylic acid groups (broad SMARTS) is 1. The van der Waals surface area contributed by atoms with E-state index >= 15 is 0 Å². The highest BCUT2D eigenvalue weighted by Crippen LogP contribution is 2.35. The summed E-state index contributed by atoms with van der Waals surface area (Å²) >= 11 is 0. The van der Waals surface area contributed by atoms with Crippen LogP contribution in [0.5, 0.6) is 0 Å². The van der Waals surface area contributed by atoms with Gasteiger partial charge in [0.15, 0.2) is 0 Å². The van der Waals surface area contributed by atoms with Crippen LogP contribution in [0.15, 0.2) is 42.5 Å². The van der Waals surface area contributed by atoms with Crippen molar-refractivity contribution in [3.8, 4) is 0 Å². The number of allylic oxidation sites excluding steroid dienone is 3. The molecule has 0 aliphatic heterocycles. The maximum Gasteiger partial charge on any atom is 0.318 e. The number of nitrogen functional groups attached to an aromatic ring is 1. The largest absolute Gasteiger partial charge is 0.480 e. The van der Waals surface area contributed by atoms with Crippen molar-refractivity contribution in [2.75, 3.05) is 5.73 Å². The van der Waals surface area contributed by atoms with Gasteiger partial charge in [0.05, 0.1) is 0 Å². The van der Waals surface area contributed by atoms with E-state index in [4.69, 9.17) is 5.73 Å². The Bertz CT molecular complexity index is 477. The number of rotatable bonds is 2. The van der Waals surface area contributed by atoms with Crippen LogP contribution in [0.2, 0.25) is 0 Å². The van der Waals surface area contributed by atoms with E-state index in [-0.39, 0.29) is 0 Å². The number of carbonyl (C=O) groups is 1. The second kappa shape index (κ2) is 3.85. The molecule has 3 nitrogen and oxygen atoms in total. The second-order valence-electron chi connectivity index (χ2n) is 3.77. The number of nitrogens with two attached hydrogens (primary N) is 1. The maximum absolute atomic E-state index is 11.5. The molecule has 0 fully saturated rings. The summed E-state index contributed by atoms with van der Waals surface area (Å²) in [5, 5.41) is 9.41. The van der Waals surface area contributed by atoms with Crippen molar-refractivity contribution in [1.82, 2.24) is 0 Å². The molecule has 0 aromatic heterocycles. The van der Waals surface area contributed by atoms with E-state index in [0.29, 0.717) is 17.7 Å². The number of anilines is 1. The Hall–Kier alpha value is -2.03. The molecule has 3 N–H and O–H groups in total. The van der Waals surface area contributed by atoms with Gasteiger partial charge in [-0.05, 0) is 24.1 Å². The molecule has 1 aromatic carbocycles. The van der Waals surface area contributed by atoms with Gasteiger partial charge in [0.1, 0.15) is 5.41 Å². The van der Waals surface area contributed by atoms with Crippen molar-refractivity contribution in [2.24, 2.45) is 0 Å². The summed E-state index contributed by atoms with van der Waals surface area (Å²) in [4.78, 5) is 11.5. The Kier molecular flexibility index (Phi) is 2.52. The van der Waals surface area contributed by atoms with Gasteiger partial charge in [0.2, 0.25) is 0 Å². The molecule has 0 bridgehead atoms. The monoisotopic (exact) mass is 214 g/mol. The average Bonchev–Trinajstić information content (AvgIpc) is 2.30. The summed E-state index contributed by atoms with van der Waals surface area (Å²) in [6.07, 6.45) is 8.33. The molecule has 1 aliphatic carbocycles. The number of carboxylic acids is 1. The minimum absolute atomic E-state index is 0.313. The third-order valence-corrected chi connectivity index (χ3v) is 2.80. The molecule has 1 unspecified atom stereocenters. The molecule has 1 aliphatic rings. The zero-order valence-corrected chi connectivity index (χ0v) is 8.68. The summed E-state index contributed by atoms with van der Waals surface area (Å²) in [6, 6.07) is 7.05. The summed E-state index contributed by atoms with van der Waals surface area (Å²) in [5.74, 6) is -0.901. The number of hydrogen-bond acceptors (Lipinski definition) is 2. The molecule has 3 heteroatoms. The van der Waals surface area contributed by atoms with E-state index in [0.717, 1.165) is 0 Å². The fourth-order valence-electron chi connectivity index (χ4n) is 1.91. The summed E-state index contributed by atoms with van der Waals surface area (Å²) in [7, 11) is 0. The standard InChI is InChI=1S/C13H12NO2/c14-11-7-3-2-6-10(11)13(12(15)16)8-4-1-5-9-13/h1-4,6-8H,9,14H2,(H,15,16). The van der Waals surface area contributed by atoms with Gasteiger partial charge in [-0.15, -0.1) is 0 Å². The van der Waals surface area contributed by atoms with E-state index in [9.17, 15) is 9.90 Å². The minimum Gasteiger partial charge on any atom is -0.480 e. The lowest BCUT2D eigenvalue weighted by atomic mass is 9.75. The van der Waals surface area contributed by atoms with E-state index in [1.807, 2.05) is 0 Å².